The first-order chi connectivity index (χ1) is 9.15. The van der Waals surface area contributed by atoms with E-state index in [4.69, 9.17) is 7.85 Å². The van der Waals surface area contributed by atoms with E-state index in [-0.39, 0.29) is 11.6 Å². The monoisotopic (exact) mass is 253 g/mol. The van der Waals surface area contributed by atoms with Crippen molar-refractivity contribution in [2.45, 2.75) is 18.9 Å². The van der Waals surface area contributed by atoms with Crippen molar-refractivity contribution in [2.24, 2.45) is 0 Å². The van der Waals surface area contributed by atoms with Crippen molar-refractivity contribution >= 4 is 24.2 Å². The number of piperidine rings is 1. The minimum Gasteiger partial charge on any atom is -0.306 e. The largest absolute Gasteiger partial charge is 0.306 e. The molecule has 2 radical (unpaired) electrons. The van der Waals surface area contributed by atoms with Crippen LogP contribution in [0.25, 0.3) is 10.9 Å². The molecule has 1 aromatic carbocycles. The van der Waals surface area contributed by atoms with E-state index in [0.29, 0.717) is 16.4 Å². The lowest BCUT2D eigenvalue weighted by Gasteiger charge is -2.30. The molecule has 0 saturated carbocycles. The van der Waals surface area contributed by atoms with Crippen molar-refractivity contribution in [3.63, 3.8) is 0 Å². The van der Waals surface area contributed by atoms with Gasteiger partial charge in [0.25, 0.3) is 5.56 Å². The molecule has 0 unspecified atom stereocenters. The highest BCUT2D eigenvalue weighted by atomic mass is 16.1. The summed E-state index contributed by atoms with van der Waals surface area (Å²) in [4.78, 5) is 19.2. The Balaban J connectivity index is 2.05. The number of hydrogen-bond donors (Lipinski definition) is 0. The topological polar surface area (TPSA) is 38.1 Å². The van der Waals surface area contributed by atoms with E-state index in [2.05, 4.69) is 16.9 Å². The molecule has 2 heterocycles. The van der Waals surface area contributed by atoms with E-state index in [1.807, 2.05) is 0 Å². The summed E-state index contributed by atoms with van der Waals surface area (Å²) in [6.07, 6.45) is 3.66. The van der Waals surface area contributed by atoms with Gasteiger partial charge in [-0.05, 0) is 39.0 Å². The molecular formula is C14H16BN3O. The first kappa shape index (κ1) is 12.4. The minimum absolute atomic E-state index is 0.0202. The summed E-state index contributed by atoms with van der Waals surface area (Å²) in [5, 5.41) is 0.612. The Hall–Kier alpha value is -1.62. The Labute approximate surface area is 113 Å². The third kappa shape index (κ3) is 2.30. The van der Waals surface area contributed by atoms with Crippen LogP contribution in [-0.4, -0.2) is 42.4 Å². The Morgan fingerprint density at radius 3 is 2.79 bits per heavy atom. The zero-order valence-corrected chi connectivity index (χ0v) is 11.0. The van der Waals surface area contributed by atoms with Gasteiger partial charge in [0.05, 0.1) is 17.2 Å². The number of hydrogen-bond acceptors (Lipinski definition) is 3. The van der Waals surface area contributed by atoms with Crippen molar-refractivity contribution < 1.29 is 0 Å². The minimum atomic E-state index is 0.0202. The van der Waals surface area contributed by atoms with Crippen LogP contribution < -0.4 is 11.0 Å². The molecule has 1 aliphatic rings. The van der Waals surface area contributed by atoms with Gasteiger partial charge in [-0.15, -0.1) is 0 Å². The summed E-state index contributed by atoms with van der Waals surface area (Å²) >= 11 is 0. The number of benzene rings is 1. The van der Waals surface area contributed by atoms with E-state index in [0.717, 1.165) is 25.9 Å². The van der Waals surface area contributed by atoms with Gasteiger partial charge in [-0.1, -0.05) is 17.6 Å². The highest BCUT2D eigenvalue weighted by Gasteiger charge is 2.19. The van der Waals surface area contributed by atoms with Gasteiger partial charge in [0, 0.05) is 6.04 Å². The van der Waals surface area contributed by atoms with Crippen molar-refractivity contribution in [3.8, 4) is 0 Å². The molecule has 1 fully saturated rings. The average Bonchev–Trinajstić information content (AvgIpc) is 2.41. The second-order valence-electron chi connectivity index (χ2n) is 5.27. The molecule has 1 aromatic heterocycles. The molecule has 0 atom stereocenters. The molecule has 0 aliphatic carbocycles. The van der Waals surface area contributed by atoms with Gasteiger partial charge < -0.3 is 4.90 Å². The summed E-state index contributed by atoms with van der Waals surface area (Å²) in [6.45, 7) is 2.04. The average molecular weight is 253 g/mol. The fourth-order valence-corrected chi connectivity index (χ4v) is 2.69. The second kappa shape index (κ2) is 4.81. The molecule has 96 valence electrons. The van der Waals surface area contributed by atoms with Crippen molar-refractivity contribution in [3.05, 3.63) is 34.9 Å². The van der Waals surface area contributed by atoms with Gasteiger partial charge in [-0.3, -0.25) is 9.36 Å². The highest BCUT2D eigenvalue weighted by molar-refractivity contribution is 6.33. The summed E-state index contributed by atoms with van der Waals surface area (Å²) < 4.78 is 1.77. The quantitative estimate of drug-likeness (QED) is 0.693. The molecule has 0 spiro atoms. The first-order valence-electron chi connectivity index (χ1n) is 6.60. The Morgan fingerprint density at radius 2 is 2.05 bits per heavy atom. The maximum atomic E-state index is 12.5. The summed E-state index contributed by atoms with van der Waals surface area (Å²) in [7, 11) is 7.87. The van der Waals surface area contributed by atoms with E-state index >= 15 is 0 Å². The number of likely N-dealkylation sites (tertiary alicyclic amines) is 1. The number of rotatable bonds is 1. The van der Waals surface area contributed by atoms with Crippen LogP contribution >= 0.6 is 0 Å². The normalized spacial score (nSPS) is 17.9. The summed E-state index contributed by atoms with van der Waals surface area (Å²) in [5.41, 5.74) is 1.34. The SMILES string of the molecule is [B]c1ccc2ncn(C3CCN(C)CC3)c(=O)c2c1. The van der Waals surface area contributed by atoms with Crippen molar-refractivity contribution in [2.75, 3.05) is 20.1 Å². The van der Waals surface area contributed by atoms with Gasteiger partial charge in [-0.25, -0.2) is 4.98 Å². The first-order valence-corrected chi connectivity index (χ1v) is 6.60. The van der Waals surface area contributed by atoms with Gasteiger partial charge >= 0.3 is 0 Å². The summed E-state index contributed by atoms with van der Waals surface area (Å²) in [5.74, 6) is 0. The van der Waals surface area contributed by atoms with Crippen molar-refractivity contribution in [1.29, 1.82) is 0 Å². The van der Waals surface area contributed by atoms with Crippen LogP contribution in [0.15, 0.2) is 29.3 Å². The molecule has 2 aromatic rings. The Morgan fingerprint density at radius 1 is 1.32 bits per heavy atom. The van der Waals surface area contributed by atoms with Crippen molar-refractivity contribution in [1.82, 2.24) is 14.5 Å². The number of aromatic nitrogens is 2. The number of fused-ring (bicyclic) bond motifs is 1. The molecule has 1 aliphatic heterocycles. The maximum Gasteiger partial charge on any atom is 0.261 e. The van der Waals surface area contributed by atoms with Gasteiger partial charge in [-0.2, -0.15) is 0 Å². The van der Waals surface area contributed by atoms with Crippen LogP contribution in [-0.2, 0) is 0 Å². The lowest BCUT2D eigenvalue weighted by Crippen LogP contribution is -2.35. The van der Waals surface area contributed by atoms with Crippen LogP contribution in [0.4, 0.5) is 0 Å². The lowest BCUT2D eigenvalue weighted by atomic mass is 9.95. The van der Waals surface area contributed by atoms with E-state index in [1.54, 1.807) is 29.1 Å². The van der Waals surface area contributed by atoms with Crippen LogP contribution in [0, 0.1) is 0 Å². The summed E-state index contributed by atoms with van der Waals surface area (Å²) in [6, 6.07) is 5.54. The molecule has 0 N–H and O–H groups in total. The maximum absolute atomic E-state index is 12.5. The fourth-order valence-electron chi connectivity index (χ4n) is 2.69. The lowest BCUT2D eigenvalue weighted by molar-refractivity contribution is 0.218. The predicted octanol–water partition coefficient (Wildman–Crippen LogP) is 0.457. The van der Waals surface area contributed by atoms with E-state index in [1.165, 1.54) is 0 Å². The molecular weight excluding hydrogens is 237 g/mol. The molecule has 0 amide bonds. The fraction of sp³-hybridized carbons (Fsp3) is 0.429. The highest BCUT2D eigenvalue weighted by Crippen LogP contribution is 2.20. The van der Waals surface area contributed by atoms with E-state index in [9.17, 15) is 4.79 Å². The zero-order valence-electron chi connectivity index (χ0n) is 11.0. The molecule has 5 heteroatoms. The molecule has 1 saturated heterocycles. The van der Waals surface area contributed by atoms with Crippen LogP contribution in [0.2, 0.25) is 0 Å². The zero-order chi connectivity index (χ0) is 13.4. The molecule has 0 bridgehead atoms. The van der Waals surface area contributed by atoms with Crippen LogP contribution in [0.5, 0.6) is 0 Å². The van der Waals surface area contributed by atoms with Crippen LogP contribution in [0.1, 0.15) is 18.9 Å². The van der Waals surface area contributed by atoms with Gasteiger partial charge in [0.2, 0.25) is 0 Å². The smallest absolute Gasteiger partial charge is 0.261 e. The van der Waals surface area contributed by atoms with Gasteiger partial charge in [0.15, 0.2) is 0 Å². The van der Waals surface area contributed by atoms with E-state index < -0.39 is 0 Å². The molecule has 3 rings (SSSR count). The predicted molar refractivity (Wildman–Crippen MR) is 77.2 cm³/mol. The third-order valence-corrected chi connectivity index (χ3v) is 3.89. The third-order valence-electron chi connectivity index (χ3n) is 3.89. The Bertz CT molecular complexity index is 659. The second-order valence-corrected chi connectivity index (χ2v) is 5.27. The molecule has 4 nitrogen and oxygen atoms in total. The number of nitrogens with zero attached hydrogens (tertiary/aromatic N) is 3. The Kier molecular flexibility index (Phi) is 3.15. The van der Waals surface area contributed by atoms with Gasteiger partial charge in [0.1, 0.15) is 7.85 Å². The standard InChI is InChI=1S/C14H16BN3O/c1-17-6-4-11(5-7-17)18-9-16-13-3-2-10(15)8-12(13)14(18)19/h2-3,8-9,11H,4-7H2,1H3. The van der Waals surface area contributed by atoms with Crippen LogP contribution in [0.3, 0.4) is 0 Å². The molecule has 19 heavy (non-hydrogen) atoms.